The van der Waals surface area contributed by atoms with Crippen LogP contribution in [-0.4, -0.2) is 25.7 Å². The lowest BCUT2D eigenvalue weighted by atomic mass is 9.95. The van der Waals surface area contributed by atoms with Crippen molar-refractivity contribution in [1.82, 2.24) is 0 Å². The zero-order valence-electron chi connectivity index (χ0n) is 16.1. The molecule has 2 aromatic rings. The molecule has 0 amide bonds. The lowest BCUT2D eigenvalue weighted by Crippen LogP contribution is -2.46. The largest absolute Gasteiger partial charge is 0.466 e. The first-order valence-electron chi connectivity index (χ1n) is 9.54. The fourth-order valence-corrected chi connectivity index (χ4v) is 3.49. The number of benzene rings is 1. The summed E-state index contributed by atoms with van der Waals surface area (Å²) in [6, 6.07) is 7.87. The number of piperidine rings is 1. The van der Waals surface area contributed by atoms with Crippen molar-refractivity contribution in [3.63, 3.8) is 0 Å². The molecule has 144 valence electrons. The minimum absolute atomic E-state index is 0.132. The van der Waals surface area contributed by atoms with Gasteiger partial charge in [-0.1, -0.05) is 26.0 Å². The van der Waals surface area contributed by atoms with Crippen LogP contribution in [0, 0.1) is 5.92 Å². The molecule has 27 heavy (non-hydrogen) atoms. The van der Waals surface area contributed by atoms with Gasteiger partial charge >= 0.3 is 5.97 Å². The van der Waals surface area contributed by atoms with E-state index in [1.807, 2.05) is 29.2 Å². The second kappa shape index (κ2) is 7.94. The molecule has 2 aromatic carbocycles. The third-order valence-corrected chi connectivity index (χ3v) is 5.16. The highest BCUT2D eigenvalue weighted by Gasteiger charge is 2.31. The maximum absolute atomic E-state index is 12.1. The first kappa shape index (κ1) is 19.1. The van der Waals surface area contributed by atoms with Crippen LogP contribution in [0.25, 0.3) is 0 Å². The second-order valence-corrected chi connectivity index (χ2v) is 7.30. The van der Waals surface area contributed by atoms with Crippen LogP contribution in [0.4, 0.5) is 17.1 Å². The van der Waals surface area contributed by atoms with Gasteiger partial charge < -0.3 is 15.0 Å². The summed E-state index contributed by atoms with van der Waals surface area (Å²) >= 11 is 0. The van der Waals surface area contributed by atoms with E-state index in [1.54, 1.807) is 6.92 Å². The molecule has 0 radical (unpaired) electrons. The normalized spacial score (nSPS) is 15.3. The zero-order valence-corrected chi connectivity index (χ0v) is 16.1. The van der Waals surface area contributed by atoms with Gasteiger partial charge in [0.15, 0.2) is 0 Å². The first-order chi connectivity index (χ1) is 12.9. The van der Waals surface area contributed by atoms with Gasteiger partial charge in [-0.25, -0.2) is 0 Å². The predicted molar refractivity (Wildman–Crippen MR) is 107 cm³/mol. The number of hydrogen-bond donors (Lipinski definition) is 1. The molecule has 1 saturated heterocycles. The van der Waals surface area contributed by atoms with Crippen molar-refractivity contribution in [2.75, 3.05) is 29.9 Å². The van der Waals surface area contributed by atoms with Crippen molar-refractivity contribution < 1.29 is 9.53 Å². The Kier molecular flexibility index (Phi) is 5.63. The van der Waals surface area contributed by atoms with E-state index in [0.717, 1.165) is 5.69 Å². The van der Waals surface area contributed by atoms with Crippen LogP contribution in [0.15, 0.2) is 33.9 Å². The molecule has 0 unspecified atom stereocenters. The van der Waals surface area contributed by atoms with Gasteiger partial charge in [0.2, 0.25) is 0 Å². The van der Waals surface area contributed by atoms with Crippen LogP contribution in [0.3, 0.4) is 0 Å². The zero-order chi connectivity index (χ0) is 19.6. The summed E-state index contributed by atoms with van der Waals surface area (Å²) in [5.74, 6) is 0.125. The van der Waals surface area contributed by atoms with Gasteiger partial charge in [-0.3, -0.25) is 14.4 Å². The molecule has 1 aliphatic rings. The minimum Gasteiger partial charge on any atom is -0.466 e. The van der Waals surface area contributed by atoms with E-state index in [1.165, 1.54) is 5.56 Å². The smallest absolute Gasteiger partial charge is 0.309 e. The number of anilines is 3. The number of carbonyl (C=O) groups is 1. The molecular weight excluding hydrogens is 344 g/mol. The highest BCUT2D eigenvalue weighted by molar-refractivity contribution is 5.80. The summed E-state index contributed by atoms with van der Waals surface area (Å²) < 4.78 is 5.08. The molecule has 1 aliphatic heterocycles. The van der Waals surface area contributed by atoms with Crippen LogP contribution in [0.5, 0.6) is 0 Å². The van der Waals surface area contributed by atoms with Crippen LogP contribution in [0.2, 0.25) is 0 Å². The third kappa shape index (κ3) is 3.89. The third-order valence-electron chi connectivity index (χ3n) is 5.16. The lowest BCUT2D eigenvalue weighted by molar-refractivity contribution is -0.148. The molecule has 0 aliphatic carbocycles. The van der Waals surface area contributed by atoms with Gasteiger partial charge in [0, 0.05) is 18.8 Å². The van der Waals surface area contributed by atoms with E-state index in [9.17, 15) is 14.4 Å². The molecular formula is C21H26N2O4. The SMILES string of the molecule is CCOC(=O)C1CCN(c2c(Nc3ccc(C(C)C)cc3)c(=O)c2=O)CC1. The van der Waals surface area contributed by atoms with Crippen LogP contribution < -0.4 is 21.1 Å². The topological polar surface area (TPSA) is 75.7 Å². The van der Waals surface area contributed by atoms with E-state index >= 15 is 0 Å². The number of ether oxygens (including phenoxy) is 1. The molecule has 0 saturated carbocycles. The summed E-state index contributed by atoms with van der Waals surface area (Å²) in [6.07, 6.45) is 1.25. The Balaban J connectivity index is 1.70. The Hall–Kier alpha value is -2.63. The summed E-state index contributed by atoms with van der Waals surface area (Å²) in [4.78, 5) is 38.0. The standard InChI is InChI=1S/C21H26N2O4/c1-4-27-21(26)15-9-11-23(12-10-15)18-17(19(24)20(18)25)22-16-7-5-14(6-8-16)13(2)3/h5-8,13,15,22H,4,9-12H2,1-3H3. The van der Waals surface area contributed by atoms with E-state index in [4.69, 9.17) is 4.74 Å². The predicted octanol–water partition coefficient (Wildman–Crippen LogP) is 2.93. The Bertz CT molecular complexity index is 871. The summed E-state index contributed by atoms with van der Waals surface area (Å²) in [6.45, 7) is 7.54. The van der Waals surface area contributed by atoms with Gasteiger partial charge in [0.1, 0.15) is 11.4 Å². The molecule has 1 N–H and O–H groups in total. The highest BCUT2D eigenvalue weighted by atomic mass is 16.5. The number of hydrogen-bond acceptors (Lipinski definition) is 6. The average Bonchev–Trinajstić information content (AvgIpc) is 2.68. The summed E-state index contributed by atoms with van der Waals surface area (Å²) in [5.41, 5.74) is 1.86. The van der Waals surface area contributed by atoms with E-state index in [0.29, 0.717) is 49.8 Å². The van der Waals surface area contributed by atoms with Crippen molar-refractivity contribution >= 4 is 23.0 Å². The Morgan fingerprint density at radius 2 is 1.78 bits per heavy atom. The second-order valence-electron chi connectivity index (χ2n) is 7.30. The molecule has 0 bridgehead atoms. The molecule has 6 nitrogen and oxygen atoms in total. The number of nitrogens with zero attached hydrogens (tertiary/aromatic N) is 1. The number of esters is 1. The van der Waals surface area contributed by atoms with Crippen molar-refractivity contribution in [2.24, 2.45) is 5.92 Å². The van der Waals surface area contributed by atoms with Gasteiger partial charge in [0.05, 0.1) is 12.5 Å². The van der Waals surface area contributed by atoms with Gasteiger partial charge in [-0.2, -0.15) is 0 Å². The molecule has 0 spiro atoms. The van der Waals surface area contributed by atoms with Crippen molar-refractivity contribution in [3.8, 4) is 0 Å². The van der Waals surface area contributed by atoms with E-state index in [-0.39, 0.29) is 11.9 Å². The molecule has 3 rings (SSSR count). The molecule has 1 fully saturated rings. The van der Waals surface area contributed by atoms with E-state index in [2.05, 4.69) is 19.2 Å². The van der Waals surface area contributed by atoms with Crippen molar-refractivity contribution in [1.29, 1.82) is 0 Å². The summed E-state index contributed by atoms with van der Waals surface area (Å²) in [7, 11) is 0. The lowest BCUT2D eigenvalue weighted by Gasteiger charge is -2.34. The number of nitrogens with one attached hydrogen (secondary N) is 1. The highest BCUT2D eigenvalue weighted by Crippen LogP contribution is 2.29. The maximum atomic E-state index is 12.1. The van der Waals surface area contributed by atoms with E-state index < -0.39 is 10.9 Å². The number of rotatable bonds is 6. The quantitative estimate of drug-likeness (QED) is 0.622. The van der Waals surface area contributed by atoms with Crippen LogP contribution in [-0.2, 0) is 9.53 Å². The molecule has 1 heterocycles. The molecule has 0 atom stereocenters. The molecule has 0 aromatic heterocycles. The van der Waals surface area contributed by atoms with Crippen LogP contribution in [0.1, 0.15) is 45.1 Å². The average molecular weight is 370 g/mol. The fourth-order valence-electron chi connectivity index (χ4n) is 3.49. The Morgan fingerprint density at radius 1 is 1.15 bits per heavy atom. The Morgan fingerprint density at radius 3 is 2.33 bits per heavy atom. The number of carbonyl (C=O) groups excluding carboxylic acids is 1. The first-order valence-corrected chi connectivity index (χ1v) is 9.54. The maximum Gasteiger partial charge on any atom is 0.309 e. The van der Waals surface area contributed by atoms with Crippen LogP contribution >= 0.6 is 0 Å². The van der Waals surface area contributed by atoms with Crippen molar-refractivity contribution in [3.05, 3.63) is 50.3 Å². The molecule has 6 heteroatoms. The van der Waals surface area contributed by atoms with Crippen molar-refractivity contribution in [2.45, 2.75) is 39.5 Å². The summed E-state index contributed by atoms with van der Waals surface area (Å²) in [5, 5.41) is 3.10. The monoisotopic (exact) mass is 370 g/mol. The minimum atomic E-state index is -0.481. The van der Waals surface area contributed by atoms with Gasteiger partial charge in [-0.05, 0) is 43.4 Å². The van der Waals surface area contributed by atoms with Gasteiger partial charge in [0.25, 0.3) is 10.9 Å². The van der Waals surface area contributed by atoms with Gasteiger partial charge in [-0.15, -0.1) is 0 Å². The fraction of sp³-hybridized carbons (Fsp3) is 0.476. The Labute approximate surface area is 158 Å².